The van der Waals surface area contributed by atoms with E-state index in [1.165, 1.54) is 18.3 Å². The van der Waals surface area contributed by atoms with E-state index in [2.05, 4.69) is 15.2 Å². The first-order valence-electron chi connectivity index (χ1n) is 9.26. The van der Waals surface area contributed by atoms with E-state index in [0.29, 0.717) is 22.9 Å². The molecule has 0 bridgehead atoms. The molecule has 0 spiro atoms. The lowest BCUT2D eigenvalue weighted by molar-refractivity contribution is -0.119. The molecule has 0 radical (unpaired) electrons. The van der Waals surface area contributed by atoms with Crippen molar-refractivity contribution >= 4 is 33.7 Å². The third kappa shape index (κ3) is 7.21. The van der Waals surface area contributed by atoms with E-state index in [9.17, 15) is 13.2 Å². The van der Waals surface area contributed by atoms with E-state index < -0.39 is 22.5 Å². The summed E-state index contributed by atoms with van der Waals surface area (Å²) in [7, 11) is -3.76. The summed E-state index contributed by atoms with van der Waals surface area (Å²) in [6.45, 7) is -0.0468. The maximum absolute atomic E-state index is 12.1. The van der Waals surface area contributed by atoms with Crippen molar-refractivity contribution in [1.82, 2.24) is 10.1 Å². The quantitative estimate of drug-likeness (QED) is 0.380. The van der Waals surface area contributed by atoms with Crippen LogP contribution in [0.2, 0.25) is 5.02 Å². The van der Waals surface area contributed by atoms with Crippen LogP contribution in [0.25, 0.3) is 0 Å². The van der Waals surface area contributed by atoms with Gasteiger partial charge in [-0.2, -0.15) is 5.10 Å². The molecule has 0 heterocycles. The Balaban J connectivity index is 1.48. The van der Waals surface area contributed by atoms with Gasteiger partial charge in [0.05, 0.1) is 17.7 Å². The number of nitrogens with one attached hydrogen (secondary N) is 2. The second kappa shape index (κ2) is 10.7. The number of amides is 1. The highest BCUT2D eigenvalue weighted by Crippen LogP contribution is 2.15. The SMILES string of the molecule is O=C(CNS(=O)(=O)c1ccccc1)N/N=C\c1cccc(OCc2ccc(Cl)cc2)c1. The van der Waals surface area contributed by atoms with Gasteiger partial charge < -0.3 is 4.74 Å². The van der Waals surface area contributed by atoms with Gasteiger partial charge in [-0.25, -0.2) is 18.6 Å². The number of carbonyl (C=O) groups excluding carboxylic acids is 1. The Hall–Kier alpha value is -3.20. The number of sulfonamides is 1. The minimum Gasteiger partial charge on any atom is -0.489 e. The second-order valence-corrected chi connectivity index (χ2v) is 8.62. The standard InChI is InChI=1S/C22H20ClN3O4S/c23-19-11-9-17(10-12-19)16-30-20-6-4-5-18(13-20)14-24-26-22(27)15-25-31(28,29)21-7-2-1-3-8-21/h1-14,25H,15-16H2,(H,26,27)/b24-14-. The van der Waals surface area contributed by atoms with Gasteiger partial charge in [-0.3, -0.25) is 4.79 Å². The summed E-state index contributed by atoms with van der Waals surface area (Å²) in [6.07, 6.45) is 1.44. The zero-order valence-electron chi connectivity index (χ0n) is 16.4. The van der Waals surface area contributed by atoms with Gasteiger partial charge in [0, 0.05) is 5.02 Å². The number of hydrazone groups is 1. The Morgan fingerprint density at radius 1 is 1.00 bits per heavy atom. The van der Waals surface area contributed by atoms with Crippen LogP contribution in [0.15, 0.2) is 88.9 Å². The molecule has 3 aromatic rings. The molecule has 0 aliphatic heterocycles. The van der Waals surface area contributed by atoms with Crippen molar-refractivity contribution in [3.8, 4) is 5.75 Å². The van der Waals surface area contributed by atoms with Crippen LogP contribution in [0.3, 0.4) is 0 Å². The van der Waals surface area contributed by atoms with Crippen molar-refractivity contribution in [2.24, 2.45) is 5.10 Å². The first-order chi connectivity index (χ1) is 14.9. The second-order valence-electron chi connectivity index (χ2n) is 6.42. The summed E-state index contributed by atoms with van der Waals surface area (Å²) in [5.41, 5.74) is 3.98. The molecule has 0 saturated carbocycles. The highest BCUT2D eigenvalue weighted by molar-refractivity contribution is 7.89. The summed E-state index contributed by atoms with van der Waals surface area (Å²) in [5, 5.41) is 4.52. The fourth-order valence-corrected chi connectivity index (χ4v) is 3.62. The van der Waals surface area contributed by atoms with Crippen molar-refractivity contribution in [3.63, 3.8) is 0 Å². The molecule has 9 heteroatoms. The maximum atomic E-state index is 12.1. The Morgan fingerprint density at radius 2 is 1.74 bits per heavy atom. The van der Waals surface area contributed by atoms with Gasteiger partial charge in [0.1, 0.15) is 12.4 Å². The molecule has 2 N–H and O–H groups in total. The van der Waals surface area contributed by atoms with E-state index in [1.54, 1.807) is 48.5 Å². The number of hydrogen-bond donors (Lipinski definition) is 2. The summed E-state index contributed by atoms with van der Waals surface area (Å²) >= 11 is 5.87. The minimum absolute atomic E-state index is 0.0849. The first kappa shape index (κ1) is 22.5. The number of benzene rings is 3. The largest absolute Gasteiger partial charge is 0.489 e. The van der Waals surface area contributed by atoms with Crippen LogP contribution in [-0.2, 0) is 21.4 Å². The Kier molecular flexibility index (Phi) is 7.77. The fraction of sp³-hybridized carbons (Fsp3) is 0.0909. The summed E-state index contributed by atoms with van der Waals surface area (Å²) in [6, 6.07) is 22.3. The molecule has 160 valence electrons. The monoisotopic (exact) mass is 457 g/mol. The van der Waals surface area contributed by atoms with Crippen LogP contribution < -0.4 is 14.9 Å². The van der Waals surface area contributed by atoms with Crippen LogP contribution in [0, 0.1) is 0 Å². The lowest BCUT2D eigenvalue weighted by atomic mass is 10.2. The number of nitrogens with zero attached hydrogens (tertiary/aromatic N) is 1. The fourth-order valence-electron chi connectivity index (χ4n) is 2.49. The molecule has 0 aliphatic rings. The highest BCUT2D eigenvalue weighted by Gasteiger charge is 2.14. The van der Waals surface area contributed by atoms with Gasteiger partial charge in [0.15, 0.2) is 0 Å². The van der Waals surface area contributed by atoms with Gasteiger partial charge in [0.25, 0.3) is 5.91 Å². The Bertz CT molecular complexity index is 1150. The van der Waals surface area contributed by atoms with Gasteiger partial charge in [-0.15, -0.1) is 0 Å². The van der Waals surface area contributed by atoms with E-state index in [4.69, 9.17) is 16.3 Å². The van der Waals surface area contributed by atoms with E-state index in [-0.39, 0.29) is 4.90 Å². The number of hydrogen-bond acceptors (Lipinski definition) is 5. The van der Waals surface area contributed by atoms with Crippen LogP contribution in [0.1, 0.15) is 11.1 Å². The average molecular weight is 458 g/mol. The predicted molar refractivity (Wildman–Crippen MR) is 120 cm³/mol. The van der Waals surface area contributed by atoms with Gasteiger partial charge in [-0.05, 0) is 47.5 Å². The normalized spacial score (nSPS) is 11.4. The third-order valence-electron chi connectivity index (χ3n) is 4.06. The smallest absolute Gasteiger partial charge is 0.255 e. The van der Waals surface area contributed by atoms with Crippen molar-refractivity contribution in [2.45, 2.75) is 11.5 Å². The molecular weight excluding hydrogens is 438 g/mol. The van der Waals surface area contributed by atoms with Gasteiger partial charge in [0.2, 0.25) is 10.0 Å². The average Bonchev–Trinajstić information content (AvgIpc) is 2.78. The first-order valence-corrected chi connectivity index (χ1v) is 11.1. The number of ether oxygens (including phenoxy) is 1. The highest BCUT2D eigenvalue weighted by atomic mass is 35.5. The molecule has 0 aromatic heterocycles. The molecule has 31 heavy (non-hydrogen) atoms. The van der Waals surface area contributed by atoms with Crippen LogP contribution in [-0.4, -0.2) is 27.1 Å². The van der Waals surface area contributed by atoms with Crippen LogP contribution in [0.4, 0.5) is 0 Å². The Labute approximate surface area is 185 Å². The van der Waals surface area contributed by atoms with Gasteiger partial charge in [-0.1, -0.05) is 54.1 Å². The van der Waals surface area contributed by atoms with Gasteiger partial charge >= 0.3 is 0 Å². The van der Waals surface area contributed by atoms with Crippen molar-refractivity contribution in [3.05, 3.63) is 95.0 Å². The zero-order valence-corrected chi connectivity index (χ0v) is 17.9. The predicted octanol–water partition coefficient (Wildman–Crippen LogP) is 3.35. The minimum atomic E-state index is -3.76. The van der Waals surface area contributed by atoms with E-state index >= 15 is 0 Å². The molecule has 0 saturated heterocycles. The third-order valence-corrected chi connectivity index (χ3v) is 5.73. The van der Waals surface area contributed by atoms with E-state index in [1.807, 2.05) is 18.2 Å². The molecule has 7 nitrogen and oxygen atoms in total. The number of rotatable bonds is 9. The summed E-state index contributed by atoms with van der Waals surface area (Å²) in [4.78, 5) is 12.0. The lowest BCUT2D eigenvalue weighted by Crippen LogP contribution is -2.34. The van der Waals surface area contributed by atoms with Crippen molar-refractivity contribution < 1.29 is 17.9 Å². The van der Waals surface area contributed by atoms with E-state index in [0.717, 1.165) is 5.56 Å². The molecular formula is C22H20ClN3O4S. The van der Waals surface area contributed by atoms with Crippen molar-refractivity contribution in [1.29, 1.82) is 0 Å². The molecule has 0 aliphatic carbocycles. The topological polar surface area (TPSA) is 96.9 Å². The molecule has 0 fully saturated rings. The maximum Gasteiger partial charge on any atom is 0.255 e. The summed E-state index contributed by atoms with van der Waals surface area (Å²) in [5.74, 6) is 0.0479. The number of carbonyl (C=O) groups is 1. The molecule has 1 amide bonds. The Morgan fingerprint density at radius 3 is 2.48 bits per heavy atom. The zero-order chi connectivity index (χ0) is 22.1. The number of halogens is 1. The molecule has 3 rings (SSSR count). The molecule has 0 atom stereocenters. The lowest BCUT2D eigenvalue weighted by Gasteiger charge is -2.07. The van der Waals surface area contributed by atoms with Crippen molar-refractivity contribution in [2.75, 3.05) is 6.54 Å². The van der Waals surface area contributed by atoms with Crippen LogP contribution >= 0.6 is 11.6 Å². The molecule has 3 aromatic carbocycles. The molecule has 0 unspecified atom stereocenters. The summed E-state index contributed by atoms with van der Waals surface area (Å²) < 4.78 is 32.2. The van der Waals surface area contributed by atoms with Crippen LogP contribution in [0.5, 0.6) is 5.75 Å².